The number of nitrogens with zero attached hydrogens (tertiary/aromatic N) is 2. The summed E-state index contributed by atoms with van der Waals surface area (Å²) in [6, 6.07) is 2.46. The Kier molecular flexibility index (Phi) is 1.73. The summed E-state index contributed by atoms with van der Waals surface area (Å²) in [7, 11) is 5.39. The zero-order valence-electron chi connectivity index (χ0n) is 6.82. The van der Waals surface area contributed by atoms with E-state index in [0.29, 0.717) is 0 Å². The fourth-order valence-electron chi connectivity index (χ4n) is 1.26. The minimum absolute atomic E-state index is 0.147. The molecule has 0 aliphatic rings. The fraction of sp³-hybridized carbons (Fsp3) is 0. The molecule has 1 N–H and O–H groups in total. The quantitative estimate of drug-likeness (QED) is 0.402. The molecular formula is C7H3BFN3O2. The lowest BCUT2D eigenvalue weighted by molar-refractivity contribution is -0.383. The van der Waals surface area contributed by atoms with Crippen LogP contribution in [0, 0.1) is 16.1 Å². The van der Waals surface area contributed by atoms with Crippen molar-refractivity contribution < 1.29 is 9.31 Å². The minimum Gasteiger partial charge on any atom is -0.258 e. The van der Waals surface area contributed by atoms with Crippen LogP contribution in [0.25, 0.3) is 10.9 Å². The molecule has 1 aromatic carbocycles. The van der Waals surface area contributed by atoms with Crippen LogP contribution in [0.3, 0.4) is 0 Å². The number of non-ortho nitro benzene ring substituents is 1. The number of nitro groups is 1. The number of rotatable bonds is 1. The zero-order valence-corrected chi connectivity index (χ0v) is 6.82. The van der Waals surface area contributed by atoms with Crippen LogP contribution in [0.1, 0.15) is 0 Å². The maximum absolute atomic E-state index is 13.0. The SMILES string of the molecule is [B]c1cc([N+](=O)[O-])c2c(F)[nH]nc2c1. The lowest BCUT2D eigenvalue weighted by Crippen LogP contribution is -2.03. The molecule has 0 saturated carbocycles. The van der Waals surface area contributed by atoms with E-state index in [2.05, 4.69) is 5.10 Å². The van der Waals surface area contributed by atoms with Crippen LogP contribution >= 0.6 is 0 Å². The highest BCUT2D eigenvalue weighted by Gasteiger charge is 2.18. The van der Waals surface area contributed by atoms with Crippen LogP contribution in [0.5, 0.6) is 0 Å². The topological polar surface area (TPSA) is 71.8 Å². The first-order valence-corrected chi connectivity index (χ1v) is 3.67. The molecule has 0 fully saturated rings. The van der Waals surface area contributed by atoms with Gasteiger partial charge in [0.15, 0.2) is 0 Å². The summed E-state index contributed by atoms with van der Waals surface area (Å²) >= 11 is 0. The number of nitro benzene ring substituents is 1. The summed E-state index contributed by atoms with van der Waals surface area (Å²) in [4.78, 5) is 9.86. The van der Waals surface area contributed by atoms with Crippen LogP contribution in [0.15, 0.2) is 12.1 Å². The van der Waals surface area contributed by atoms with Crippen molar-refractivity contribution in [3.05, 3.63) is 28.2 Å². The van der Waals surface area contributed by atoms with Crippen molar-refractivity contribution in [3.63, 3.8) is 0 Å². The van der Waals surface area contributed by atoms with Gasteiger partial charge >= 0.3 is 0 Å². The molecule has 0 spiro atoms. The number of aromatic amines is 1. The first-order chi connectivity index (χ1) is 6.59. The van der Waals surface area contributed by atoms with E-state index in [0.717, 1.165) is 6.07 Å². The standard InChI is InChI=1S/C7H3BFN3O2/c8-3-1-4-6(7(9)11-10-4)5(2-3)12(13)14/h1-2H,(H,10,11). The van der Waals surface area contributed by atoms with Crippen LogP contribution in [-0.2, 0) is 0 Å². The zero-order chi connectivity index (χ0) is 10.3. The van der Waals surface area contributed by atoms with E-state index < -0.39 is 10.9 Å². The van der Waals surface area contributed by atoms with E-state index in [4.69, 9.17) is 7.85 Å². The summed E-state index contributed by atoms with van der Waals surface area (Å²) in [6.45, 7) is 0. The maximum atomic E-state index is 13.0. The van der Waals surface area contributed by atoms with Crippen molar-refractivity contribution in [2.75, 3.05) is 0 Å². The van der Waals surface area contributed by atoms with E-state index in [9.17, 15) is 14.5 Å². The van der Waals surface area contributed by atoms with Crippen LogP contribution < -0.4 is 5.46 Å². The van der Waals surface area contributed by atoms with Crippen LogP contribution in [-0.4, -0.2) is 23.0 Å². The van der Waals surface area contributed by atoms with Gasteiger partial charge in [0.1, 0.15) is 18.7 Å². The van der Waals surface area contributed by atoms with Gasteiger partial charge in [-0.25, -0.2) is 0 Å². The highest BCUT2D eigenvalue weighted by Crippen LogP contribution is 2.24. The van der Waals surface area contributed by atoms with Gasteiger partial charge in [-0.1, -0.05) is 5.46 Å². The molecule has 1 heterocycles. The van der Waals surface area contributed by atoms with Crippen LogP contribution in [0.4, 0.5) is 10.1 Å². The van der Waals surface area contributed by atoms with Crippen molar-refractivity contribution in [2.45, 2.75) is 0 Å². The highest BCUT2D eigenvalue weighted by atomic mass is 19.1. The Labute approximate surface area is 78.5 Å². The van der Waals surface area contributed by atoms with E-state index in [1.165, 1.54) is 6.07 Å². The number of hydrogen-bond acceptors (Lipinski definition) is 3. The van der Waals surface area contributed by atoms with Gasteiger partial charge in [0.2, 0.25) is 5.95 Å². The molecule has 5 nitrogen and oxygen atoms in total. The Hall–Kier alpha value is -1.92. The Balaban J connectivity index is 2.90. The molecule has 0 amide bonds. The predicted molar refractivity (Wildman–Crippen MR) is 48.1 cm³/mol. The van der Waals surface area contributed by atoms with Crippen molar-refractivity contribution in [2.24, 2.45) is 0 Å². The second-order valence-corrected chi connectivity index (χ2v) is 2.73. The molecule has 0 atom stereocenters. The van der Waals surface area contributed by atoms with Gasteiger partial charge in [-0.2, -0.15) is 9.49 Å². The summed E-state index contributed by atoms with van der Waals surface area (Å²) in [5.74, 6) is -0.827. The van der Waals surface area contributed by atoms with Gasteiger partial charge in [0.25, 0.3) is 5.69 Å². The molecule has 2 radical (unpaired) electrons. The largest absolute Gasteiger partial charge is 0.282 e. The summed E-state index contributed by atoms with van der Waals surface area (Å²) in [5, 5.41) is 16.0. The van der Waals surface area contributed by atoms with Gasteiger partial charge in [0.05, 0.1) is 4.92 Å². The third-order valence-electron chi connectivity index (χ3n) is 1.81. The first kappa shape index (κ1) is 8.67. The summed E-state index contributed by atoms with van der Waals surface area (Å²) < 4.78 is 13.0. The summed E-state index contributed by atoms with van der Waals surface area (Å²) in [5.41, 5.74) is -0.0591. The van der Waals surface area contributed by atoms with Gasteiger partial charge < -0.3 is 0 Å². The second-order valence-electron chi connectivity index (χ2n) is 2.73. The normalized spacial score (nSPS) is 10.6. The molecule has 14 heavy (non-hydrogen) atoms. The molecule has 0 aliphatic carbocycles. The molecule has 0 saturated heterocycles. The molecule has 0 unspecified atom stereocenters. The van der Waals surface area contributed by atoms with Gasteiger partial charge in [-0.05, 0) is 6.07 Å². The molecule has 0 aliphatic heterocycles. The fourth-order valence-corrected chi connectivity index (χ4v) is 1.26. The highest BCUT2D eigenvalue weighted by molar-refractivity contribution is 6.33. The molecule has 68 valence electrons. The van der Waals surface area contributed by atoms with Gasteiger partial charge in [-0.15, -0.1) is 0 Å². The van der Waals surface area contributed by atoms with E-state index in [1.807, 2.05) is 5.10 Å². The Morgan fingerprint density at radius 1 is 1.57 bits per heavy atom. The number of aromatic nitrogens is 2. The number of halogens is 1. The average Bonchev–Trinajstić information content (AvgIpc) is 2.46. The molecule has 2 aromatic rings. The lowest BCUT2D eigenvalue weighted by Gasteiger charge is -1.95. The molecular weight excluding hydrogens is 188 g/mol. The molecule has 0 bridgehead atoms. The van der Waals surface area contributed by atoms with Crippen molar-refractivity contribution in [1.82, 2.24) is 10.2 Å². The van der Waals surface area contributed by atoms with Crippen LogP contribution in [0.2, 0.25) is 0 Å². The molecule has 7 heteroatoms. The Bertz CT molecular complexity index is 525. The third kappa shape index (κ3) is 1.13. The predicted octanol–water partition coefficient (Wildman–Crippen LogP) is 0.404. The smallest absolute Gasteiger partial charge is 0.258 e. The second kappa shape index (κ2) is 2.79. The third-order valence-corrected chi connectivity index (χ3v) is 1.81. The van der Waals surface area contributed by atoms with E-state index >= 15 is 0 Å². The lowest BCUT2D eigenvalue weighted by atomic mass is 9.94. The molecule has 1 aromatic heterocycles. The van der Waals surface area contributed by atoms with E-state index in [-0.39, 0.29) is 22.1 Å². The summed E-state index contributed by atoms with van der Waals surface area (Å²) in [6.07, 6.45) is 0. The number of nitrogens with one attached hydrogen (secondary N) is 1. The number of benzene rings is 1. The number of fused-ring (bicyclic) bond motifs is 1. The van der Waals surface area contributed by atoms with Crippen molar-refractivity contribution in [1.29, 1.82) is 0 Å². The van der Waals surface area contributed by atoms with E-state index in [1.54, 1.807) is 0 Å². The minimum atomic E-state index is -0.827. The van der Waals surface area contributed by atoms with Crippen molar-refractivity contribution >= 4 is 29.9 Å². The van der Waals surface area contributed by atoms with Crippen molar-refractivity contribution in [3.8, 4) is 0 Å². The first-order valence-electron chi connectivity index (χ1n) is 3.67. The van der Waals surface area contributed by atoms with Gasteiger partial charge in [0, 0.05) is 6.07 Å². The Morgan fingerprint density at radius 2 is 2.29 bits per heavy atom. The maximum Gasteiger partial charge on any atom is 0.282 e. The average molecular weight is 191 g/mol. The number of hydrogen-bond donors (Lipinski definition) is 1. The molecule has 2 rings (SSSR count). The number of H-pyrrole nitrogens is 1. The monoisotopic (exact) mass is 191 g/mol. The Morgan fingerprint density at radius 3 is 2.93 bits per heavy atom. The van der Waals surface area contributed by atoms with Gasteiger partial charge in [-0.3, -0.25) is 15.2 Å².